The number of nitrogens with zero attached hydrogens (tertiary/aromatic N) is 4. The van der Waals surface area contributed by atoms with Crippen LogP contribution in [0, 0.1) is 27.7 Å². The van der Waals surface area contributed by atoms with Gasteiger partial charge in [-0.3, -0.25) is 0 Å². The van der Waals surface area contributed by atoms with E-state index in [0.29, 0.717) is 0 Å². The van der Waals surface area contributed by atoms with Crippen LogP contribution in [-0.4, -0.2) is 19.9 Å². The van der Waals surface area contributed by atoms with Gasteiger partial charge in [0.2, 0.25) is 0 Å². The maximum atomic E-state index is 9.87. The molecule has 4 nitrogen and oxygen atoms in total. The first-order chi connectivity index (χ1) is 29.9. The van der Waals surface area contributed by atoms with Gasteiger partial charge in [0, 0.05) is 43.8 Å². The third-order valence-electron chi connectivity index (χ3n) is 10.6. The van der Waals surface area contributed by atoms with Crippen molar-refractivity contribution in [3.05, 3.63) is 192 Å². The van der Waals surface area contributed by atoms with Gasteiger partial charge in [-0.15, -0.1) is 0 Å². The van der Waals surface area contributed by atoms with Crippen LogP contribution >= 0.6 is 7.81 Å². The van der Waals surface area contributed by atoms with Gasteiger partial charge in [0.15, 0.2) is 0 Å². The molecule has 10 rings (SSSR count). The van der Waals surface area contributed by atoms with Gasteiger partial charge >= 0.3 is 50.1 Å². The van der Waals surface area contributed by atoms with Crippen LogP contribution < -0.4 is 0 Å². The molecule has 64 heavy (non-hydrogen) atoms. The summed E-state index contributed by atoms with van der Waals surface area (Å²) in [6, 6.07) is 58.7. The Hall–Kier alpha value is -6.51. The van der Waals surface area contributed by atoms with Crippen LogP contribution in [0.2, 0.25) is 0 Å². The molecule has 0 atom stereocenters. The molecule has 0 radical (unpaired) electrons. The number of fused-ring (bicyclic) bond motifs is 6. The number of hydrogen-bond donors (Lipinski definition) is 0. The Morgan fingerprint density at radius 2 is 0.469 bits per heavy atom. The van der Waals surface area contributed by atoms with E-state index in [4.69, 9.17) is 19.9 Å². The molecular formula is C52H40CuF6N4P. The van der Waals surface area contributed by atoms with E-state index in [0.717, 1.165) is 88.6 Å². The Bertz CT molecular complexity index is 2880. The smallest absolute Gasteiger partial charge is 1.00 e. The molecule has 0 saturated carbocycles. The molecule has 0 N–H and O–H groups in total. The van der Waals surface area contributed by atoms with Crippen LogP contribution in [-0.2, 0) is 17.1 Å². The molecular weight excluding hydrogens is 889 g/mol. The summed E-state index contributed by atoms with van der Waals surface area (Å²) in [6.45, 7) is 8.60. The Morgan fingerprint density at radius 3 is 0.641 bits per heavy atom. The standard InChI is InChI=1S/2C26H20N2.Cu.F6P/c2*1-17-15-23(19-9-5-3-6-10-19)27-25-21(17)13-14-22-18(2)16-24(28-26(22)25)20-11-7-4-8-12-20;;1-7(2,3,4,5)6/h2*3-16H,1-2H3;;/q;;+1;-1. The zero-order chi connectivity index (χ0) is 44.6. The monoisotopic (exact) mass is 928 g/mol. The van der Waals surface area contributed by atoms with E-state index in [1.54, 1.807) is 0 Å². The fraction of sp³-hybridized carbons (Fsp3) is 0.0769. The maximum absolute atomic E-state index is 10.7. The van der Waals surface area contributed by atoms with Gasteiger partial charge in [0.1, 0.15) is 0 Å². The van der Waals surface area contributed by atoms with Gasteiger partial charge in [-0.2, -0.15) is 0 Å². The molecule has 4 heterocycles. The van der Waals surface area contributed by atoms with Crippen LogP contribution in [0.25, 0.3) is 88.6 Å². The second kappa shape index (κ2) is 17.2. The van der Waals surface area contributed by atoms with E-state index in [9.17, 15) is 25.2 Å². The van der Waals surface area contributed by atoms with Gasteiger partial charge in [-0.05, 0) is 74.2 Å². The molecule has 0 amide bonds. The first-order valence-corrected chi connectivity index (χ1v) is 22.1. The minimum Gasteiger partial charge on any atom is 1.00 e. The van der Waals surface area contributed by atoms with Gasteiger partial charge in [-0.1, -0.05) is 146 Å². The Morgan fingerprint density at radius 1 is 0.297 bits per heavy atom. The number of benzene rings is 6. The molecule has 326 valence electrons. The summed E-state index contributed by atoms with van der Waals surface area (Å²) in [4.78, 5) is 20.2. The van der Waals surface area contributed by atoms with Crippen molar-refractivity contribution in [2.45, 2.75) is 27.7 Å². The molecule has 4 aromatic heterocycles. The molecule has 0 aliphatic carbocycles. The number of aromatic nitrogens is 4. The molecule has 10 aromatic rings. The Balaban J connectivity index is 0.000000165. The molecule has 12 heteroatoms. The zero-order valence-electron chi connectivity index (χ0n) is 35.0. The average Bonchev–Trinajstić information content (AvgIpc) is 3.26. The Kier molecular flexibility index (Phi) is 12.2. The van der Waals surface area contributed by atoms with Crippen LogP contribution in [0.4, 0.5) is 25.2 Å². The second-order valence-electron chi connectivity index (χ2n) is 15.4. The van der Waals surface area contributed by atoms with Crippen molar-refractivity contribution in [3.8, 4) is 45.0 Å². The largest absolute Gasteiger partial charge is 1.00 e. The minimum absolute atomic E-state index is 0. The summed E-state index contributed by atoms with van der Waals surface area (Å²) >= 11 is 0. The molecule has 6 aromatic carbocycles. The van der Waals surface area contributed by atoms with E-state index in [2.05, 4.69) is 173 Å². The molecule has 0 unspecified atom stereocenters. The van der Waals surface area contributed by atoms with Crippen LogP contribution in [0.5, 0.6) is 0 Å². The predicted octanol–water partition coefficient (Wildman–Crippen LogP) is 16.8. The van der Waals surface area contributed by atoms with Gasteiger partial charge in [0.25, 0.3) is 0 Å². The summed E-state index contributed by atoms with van der Waals surface area (Å²) in [6.07, 6.45) is 0. The molecule has 0 aliphatic rings. The molecule has 0 aliphatic heterocycles. The fourth-order valence-electron chi connectivity index (χ4n) is 7.65. The van der Waals surface area contributed by atoms with Crippen molar-refractivity contribution in [2.24, 2.45) is 0 Å². The summed E-state index contributed by atoms with van der Waals surface area (Å²) in [5.74, 6) is 0. The molecule has 0 bridgehead atoms. The average molecular weight is 929 g/mol. The van der Waals surface area contributed by atoms with Crippen molar-refractivity contribution in [2.75, 3.05) is 0 Å². The summed E-state index contributed by atoms with van der Waals surface area (Å²) in [5.41, 5.74) is 17.2. The van der Waals surface area contributed by atoms with Gasteiger partial charge in [0.05, 0.1) is 44.8 Å². The summed E-state index contributed by atoms with van der Waals surface area (Å²) in [7, 11) is -10.7. The van der Waals surface area contributed by atoms with Gasteiger partial charge < -0.3 is 0 Å². The van der Waals surface area contributed by atoms with Crippen molar-refractivity contribution in [1.82, 2.24) is 19.9 Å². The van der Waals surface area contributed by atoms with E-state index >= 15 is 0 Å². The van der Waals surface area contributed by atoms with E-state index < -0.39 is 7.81 Å². The van der Waals surface area contributed by atoms with E-state index in [1.165, 1.54) is 22.3 Å². The first-order valence-electron chi connectivity index (χ1n) is 20.1. The first kappa shape index (κ1) is 45.5. The second-order valence-corrected chi connectivity index (χ2v) is 17.4. The SMILES string of the molecule is Cc1cc(-c2ccccc2)nc2c1ccc1c(C)cc(-c3ccccc3)nc12.Cc1cc(-c2ccccc2)nc2c1ccc1c(C)cc(-c3ccccc3)nc12.F[P-](F)(F)(F)(F)F.[Cu+]. The van der Waals surface area contributed by atoms with Gasteiger partial charge in [-0.25, -0.2) is 19.9 Å². The number of aryl methyl sites for hydroxylation is 4. The van der Waals surface area contributed by atoms with Crippen molar-refractivity contribution >= 4 is 51.4 Å². The quantitative estimate of drug-likeness (QED) is 0.0764. The van der Waals surface area contributed by atoms with Crippen LogP contribution in [0.1, 0.15) is 22.3 Å². The third-order valence-corrected chi connectivity index (χ3v) is 10.6. The molecule has 0 spiro atoms. The number of rotatable bonds is 4. The van der Waals surface area contributed by atoms with Crippen molar-refractivity contribution in [1.29, 1.82) is 0 Å². The number of hydrogen-bond acceptors (Lipinski definition) is 4. The van der Waals surface area contributed by atoms with Crippen molar-refractivity contribution < 1.29 is 42.3 Å². The topological polar surface area (TPSA) is 51.6 Å². The van der Waals surface area contributed by atoms with Crippen molar-refractivity contribution in [3.63, 3.8) is 0 Å². The number of halogens is 6. The molecule has 0 saturated heterocycles. The fourth-order valence-corrected chi connectivity index (χ4v) is 7.65. The van der Waals surface area contributed by atoms with Crippen LogP contribution in [0.3, 0.4) is 0 Å². The van der Waals surface area contributed by atoms with Crippen LogP contribution in [0.15, 0.2) is 170 Å². The summed E-state index contributed by atoms with van der Waals surface area (Å²) < 4.78 is 59.2. The normalized spacial score (nSPS) is 12.3. The zero-order valence-corrected chi connectivity index (χ0v) is 36.8. The molecule has 0 fully saturated rings. The predicted molar refractivity (Wildman–Crippen MR) is 248 cm³/mol. The van der Waals surface area contributed by atoms with E-state index in [1.807, 2.05) is 24.3 Å². The Labute approximate surface area is 376 Å². The summed E-state index contributed by atoms with van der Waals surface area (Å²) in [5, 5.41) is 4.63. The van der Waals surface area contributed by atoms with E-state index in [-0.39, 0.29) is 17.1 Å². The third kappa shape index (κ3) is 10.8. The number of pyridine rings is 4. The minimum atomic E-state index is -10.7. The maximum Gasteiger partial charge on any atom is 1.00 e.